The molecule has 1 N–H and O–H groups in total. The molecule has 2 aromatic heterocycles. The van der Waals surface area contributed by atoms with Crippen molar-refractivity contribution >= 4 is 33.4 Å². The van der Waals surface area contributed by atoms with Crippen molar-refractivity contribution in [2.24, 2.45) is 0 Å². The van der Waals surface area contributed by atoms with Crippen LogP contribution >= 0.6 is 11.3 Å². The number of methoxy groups -OCH3 is 1. The quantitative estimate of drug-likeness (QED) is 0.624. The molecule has 22 heavy (non-hydrogen) atoms. The van der Waals surface area contributed by atoms with Crippen molar-refractivity contribution in [3.05, 3.63) is 22.7 Å². The Hall–Kier alpha value is -1.86. The maximum atomic E-state index is 12.1. The van der Waals surface area contributed by atoms with Crippen LogP contribution in [0.25, 0.3) is 10.2 Å². The summed E-state index contributed by atoms with van der Waals surface area (Å²) in [4.78, 5) is 25.2. The van der Waals surface area contributed by atoms with E-state index >= 15 is 0 Å². The molecule has 0 unspecified atom stereocenters. The maximum absolute atomic E-state index is 12.1. The number of thiophene rings is 1. The molecule has 2 heterocycles. The number of hydrogen-bond donors (Lipinski definition) is 1. The van der Waals surface area contributed by atoms with Crippen LogP contribution < -0.4 is 5.32 Å². The van der Waals surface area contributed by atoms with Crippen LogP contribution in [-0.2, 0) is 20.8 Å². The first-order valence-corrected chi connectivity index (χ1v) is 7.91. The second-order valence-electron chi connectivity index (χ2n) is 4.79. The second-order valence-corrected chi connectivity index (χ2v) is 6.07. The molecule has 1 amide bonds. The van der Waals surface area contributed by atoms with Gasteiger partial charge in [-0.15, -0.1) is 11.3 Å². The predicted octanol–water partition coefficient (Wildman–Crippen LogP) is 1.95. The van der Waals surface area contributed by atoms with Crippen LogP contribution in [0, 0.1) is 6.92 Å². The van der Waals surface area contributed by atoms with Gasteiger partial charge < -0.3 is 19.4 Å². The summed E-state index contributed by atoms with van der Waals surface area (Å²) in [6.45, 7) is 5.04. The Bertz CT molecular complexity index is 674. The first kappa shape index (κ1) is 16.5. The Kier molecular flexibility index (Phi) is 5.57. The van der Waals surface area contributed by atoms with Crippen molar-refractivity contribution in [1.82, 2.24) is 9.88 Å². The average Bonchev–Trinajstić information content (AvgIpc) is 2.97. The lowest BCUT2D eigenvalue weighted by molar-refractivity contribution is -0.121. The highest BCUT2D eigenvalue weighted by Gasteiger charge is 2.19. The van der Waals surface area contributed by atoms with Crippen molar-refractivity contribution in [3.63, 3.8) is 0 Å². The molecular formula is C15H20N2O4S. The number of aryl methyl sites for hydroxylation is 1. The third-order valence-electron chi connectivity index (χ3n) is 3.13. The first-order chi connectivity index (χ1) is 10.6. The molecule has 0 saturated carbocycles. The van der Waals surface area contributed by atoms with E-state index in [9.17, 15) is 9.59 Å². The molecule has 120 valence electrons. The van der Waals surface area contributed by atoms with Crippen LogP contribution in [0.2, 0.25) is 0 Å². The number of nitrogens with one attached hydrogen (secondary N) is 1. The number of aromatic nitrogens is 1. The monoisotopic (exact) mass is 324 g/mol. The molecule has 0 radical (unpaired) electrons. The summed E-state index contributed by atoms with van der Waals surface area (Å²) in [7, 11) is 1.58. The van der Waals surface area contributed by atoms with E-state index < -0.39 is 5.97 Å². The molecule has 0 aliphatic carbocycles. The van der Waals surface area contributed by atoms with Crippen LogP contribution in [0.4, 0.5) is 0 Å². The normalized spacial score (nSPS) is 10.9. The largest absolute Gasteiger partial charge is 0.461 e. The van der Waals surface area contributed by atoms with E-state index in [4.69, 9.17) is 9.47 Å². The van der Waals surface area contributed by atoms with Gasteiger partial charge in [0, 0.05) is 18.5 Å². The number of amides is 1. The average molecular weight is 324 g/mol. The van der Waals surface area contributed by atoms with Gasteiger partial charge in [-0.1, -0.05) is 0 Å². The minimum atomic E-state index is -0.409. The van der Waals surface area contributed by atoms with Crippen LogP contribution in [-0.4, -0.2) is 43.3 Å². The zero-order valence-corrected chi connectivity index (χ0v) is 13.8. The Balaban J connectivity index is 2.25. The van der Waals surface area contributed by atoms with E-state index in [1.165, 1.54) is 0 Å². The predicted molar refractivity (Wildman–Crippen MR) is 85.4 cm³/mol. The van der Waals surface area contributed by atoms with E-state index in [-0.39, 0.29) is 12.5 Å². The summed E-state index contributed by atoms with van der Waals surface area (Å²) in [5, 5.41) is 2.76. The van der Waals surface area contributed by atoms with Gasteiger partial charge in [-0.25, -0.2) is 4.79 Å². The zero-order valence-electron chi connectivity index (χ0n) is 13.0. The first-order valence-electron chi connectivity index (χ1n) is 7.09. The molecule has 0 fully saturated rings. The summed E-state index contributed by atoms with van der Waals surface area (Å²) < 4.78 is 12.7. The number of rotatable bonds is 7. The van der Waals surface area contributed by atoms with Crippen LogP contribution in [0.1, 0.15) is 22.3 Å². The topological polar surface area (TPSA) is 69.6 Å². The summed E-state index contributed by atoms with van der Waals surface area (Å²) in [6.07, 6.45) is 0. The maximum Gasteiger partial charge on any atom is 0.355 e. The van der Waals surface area contributed by atoms with Crippen molar-refractivity contribution in [3.8, 4) is 0 Å². The van der Waals surface area contributed by atoms with E-state index in [2.05, 4.69) is 5.32 Å². The number of nitrogens with zero attached hydrogens (tertiary/aromatic N) is 1. The molecular weight excluding hydrogens is 304 g/mol. The van der Waals surface area contributed by atoms with Gasteiger partial charge in [0.2, 0.25) is 5.91 Å². The van der Waals surface area contributed by atoms with Gasteiger partial charge in [-0.05, 0) is 26.0 Å². The van der Waals surface area contributed by atoms with Crippen LogP contribution in [0.3, 0.4) is 0 Å². The van der Waals surface area contributed by atoms with E-state index in [0.29, 0.717) is 25.5 Å². The van der Waals surface area contributed by atoms with Crippen molar-refractivity contribution in [2.45, 2.75) is 20.4 Å². The van der Waals surface area contributed by atoms with Gasteiger partial charge in [-0.3, -0.25) is 4.79 Å². The number of fused-ring (bicyclic) bond motifs is 1. The van der Waals surface area contributed by atoms with Gasteiger partial charge in [0.25, 0.3) is 0 Å². The fourth-order valence-electron chi connectivity index (χ4n) is 2.20. The van der Waals surface area contributed by atoms with Crippen molar-refractivity contribution in [1.29, 1.82) is 0 Å². The van der Waals surface area contributed by atoms with Crippen molar-refractivity contribution < 1.29 is 19.1 Å². The molecule has 0 atom stereocenters. The molecule has 0 bridgehead atoms. The van der Waals surface area contributed by atoms with Crippen molar-refractivity contribution in [2.75, 3.05) is 26.9 Å². The number of carbonyl (C=O) groups is 2. The van der Waals surface area contributed by atoms with E-state index in [1.54, 1.807) is 36.0 Å². The smallest absolute Gasteiger partial charge is 0.355 e. The summed E-state index contributed by atoms with van der Waals surface area (Å²) in [5.41, 5.74) is 1.29. The van der Waals surface area contributed by atoms with Gasteiger partial charge in [0.15, 0.2) is 0 Å². The summed E-state index contributed by atoms with van der Waals surface area (Å²) >= 11 is 1.59. The van der Waals surface area contributed by atoms with E-state index in [0.717, 1.165) is 15.1 Å². The number of ether oxygens (including phenoxy) is 2. The lowest BCUT2D eigenvalue weighted by Gasteiger charge is -2.10. The Morgan fingerprint density at radius 2 is 2.14 bits per heavy atom. The Morgan fingerprint density at radius 1 is 1.36 bits per heavy atom. The Morgan fingerprint density at radius 3 is 2.82 bits per heavy atom. The molecule has 7 heteroatoms. The fourth-order valence-corrected chi connectivity index (χ4v) is 3.16. The van der Waals surface area contributed by atoms with Gasteiger partial charge in [0.05, 0.1) is 23.4 Å². The molecule has 0 spiro atoms. The molecule has 2 aromatic rings. The van der Waals surface area contributed by atoms with E-state index in [1.807, 2.05) is 13.0 Å². The highest BCUT2D eigenvalue weighted by Crippen LogP contribution is 2.29. The van der Waals surface area contributed by atoms with Gasteiger partial charge in [0.1, 0.15) is 12.2 Å². The molecule has 0 aromatic carbocycles. The molecule has 6 nitrogen and oxygen atoms in total. The molecule has 2 rings (SSSR count). The molecule has 0 saturated heterocycles. The summed E-state index contributed by atoms with van der Waals surface area (Å²) in [6, 6.07) is 3.76. The highest BCUT2D eigenvalue weighted by atomic mass is 32.1. The molecule has 0 aliphatic rings. The molecule has 0 aliphatic heterocycles. The fraction of sp³-hybridized carbons (Fsp3) is 0.467. The third kappa shape index (κ3) is 3.66. The second kappa shape index (κ2) is 7.42. The standard InChI is InChI=1S/C15H20N2O4S/c1-4-21-15(19)12-8-13-11(7-10(2)22-13)17(12)9-14(18)16-5-6-20-3/h7-8H,4-6,9H2,1-3H3,(H,16,18). The highest BCUT2D eigenvalue weighted by molar-refractivity contribution is 7.19. The van der Waals surface area contributed by atoms with Gasteiger partial charge >= 0.3 is 5.97 Å². The lowest BCUT2D eigenvalue weighted by Crippen LogP contribution is -2.31. The number of esters is 1. The number of hydrogen-bond acceptors (Lipinski definition) is 5. The third-order valence-corrected chi connectivity index (χ3v) is 4.11. The van der Waals surface area contributed by atoms with Crippen LogP contribution in [0.5, 0.6) is 0 Å². The van der Waals surface area contributed by atoms with Crippen LogP contribution in [0.15, 0.2) is 12.1 Å². The SMILES string of the molecule is CCOC(=O)c1cc2sc(C)cc2n1CC(=O)NCCOC. The zero-order chi connectivity index (χ0) is 16.1. The number of carbonyl (C=O) groups excluding carboxylic acids is 2. The van der Waals surface area contributed by atoms with Gasteiger partial charge in [-0.2, -0.15) is 0 Å². The summed E-state index contributed by atoms with van der Waals surface area (Å²) in [5.74, 6) is -0.572. The minimum absolute atomic E-state index is 0.0809. The Labute approximate surface area is 133 Å². The minimum Gasteiger partial charge on any atom is -0.461 e. The lowest BCUT2D eigenvalue weighted by atomic mass is 10.4.